The average Bonchev–Trinajstić information content (AvgIpc) is 2.79. The number of nitrogens with one attached hydrogen (secondary N) is 1. The van der Waals surface area contributed by atoms with Gasteiger partial charge in [0.1, 0.15) is 0 Å². The van der Waals surface area contributed by atoms with Crippen molar-refractivity contribution in [1.29, 1.82) is 0 Å². The molecule has 0 aromatic rings. The molecule has 1 N–H and O–H groups in total. The first kappa shape index (κ1) is 26.1. The molecule has 0 aliphatic carbocycles. The van der Waals surface area contributed by atoms with Crippen LogP contribution >= 0.6 is 24.0 Å². The molecule has 3 aliphatic rings. The van der Waals surface area contributed by atoms with Crippen LogP contribution in [0.3, 0.4) is 0 Å². The highest BCUT2D eigenvalue weighted by atomic mass is 127. The van der Waals surface area contributed by atoms with E-state index in [0.717, 1.165) is 77.1 Å². The number of guanidine groups is 1. The molecule has 1 unspecified atom stereocenters. The largest absolute Gasteiger partial charge is 0.383 e. The fourth-order valence-corrected chi connectivity index (χ4v) is 4.62. The minimum Gasteiger partial charge on any atom is -0.383 e. The number of hydrogen-bond donors (Lipinski definition) is 1. The van der Waals surface area contributed by atoms with Crippen LogP contribution in [0.25, 0.3) is 0 Å². The second-order valence-corrected chi connectivity index (χ2v) is 8.71. The Morgan fingerprint density at radius 3 is 2.47 bits per heavy atom. The Morgan fingerprint density at radius 2 is 1.83 bits per heavy atom. The van der Waals surface area contributed by atoms with Gasteiger partial charge in [0.2, 0.25) is 0 Å². The molecule has 0 bridgehead atoms. The van der Waals surface area contributed by atoms with Gasteiger partial charge in [0.25, 0.3) is 0 Å². The number of likely N-dealkylation sites (tertiary alicyclic amines) is 2. The maximum absolute atomic E-state index is 6.15. The van der Waals surface area contributed by atoms with Gasteiger partial charge < -0.3 is 29.3 Å². The molecule has 7 nitrogen and oxygen atoms in total. The molecular weight excluding hydrogens is 495 g/mol. The zero-order chi connectivity index (χ0) is 20.3. The second kappa shape index (κ2) is 14.8. The standard InChI is InChI=1S/C22H42N4O3.HI/c1-23-22(24-17-19-6-10-25(11-7-19)14-16-27-2)26-12-8-20(9-13-26)29-18-21-5-3-4-15-28-21;/h19-21H,3-18H2,1-2H3,(H,23,24);1H. The summed E-state index contributed by atoms with van der Waals surface area (Å²) in [6, 6.07) is 0. The smallest absolute Gasteiger partial charge is 0.193 e. The minimum atomic E-state index is 0. The lowest BCUT2D eigenvalue weighted by molar-refractivity contribution is -0.0721. The van der Waals surface area contributed by atoms with E-state index in [1.807, 2.05) is 7.05 Å². The lowest BCUT2D eigenvalue weighted by atomic mass is 9.97. The monoisotopic (exact) mass is 538 g/mol. The molecule has 3 heterocycles. The maximum atomic E-state index is 6.15. The summed E-state index contributed by atoms with van der Waals surface area (Å²) < 4.78 is 17.1. The predicted molar refractivity (Wildman–Crippen MR) is 132 cm³/mol. The van der Waals surface area contributed by atoms with Crippen molar-refractivity contribution in [2.75, 3.05) is 73.2 Å². The molecule has 176 valence electrons. The molecule has 0 radical (unpaired) electrons. The van der Waals surface area contributed by atoms with Crippen molar-refractivity contribution >= 4 is 29.9 Å². The van der Waals surface area contributed by atoms with Gasteiger partial charge in [-0.2, -0.15) is 0 Å². The van der Waals surface area contributed by atoms with Crippen molar-refractivity contribution < 1.29 is 14.2 Å². The molecule has 0 saturated carbocycles. The summed E-state index contributed by atoms with van der Waals surface area (Å²) >= 11 is 0. The summed E-state index contributed by atoms with van der Waals surface area (Å²) in [5, 5.41) is 3.64. The van der Waals surface area contributed by atoms with Crippen LogP contribution in [0.5, 0.6) is 0 Å². The Morgan fingerprint density at radius 1 is 1.07 bits per heavy atom. The Hall–Kier alpha value is -0.160. The lowest BCUT2D eigenvalue weighted by Crippen LogP contribution is -2.49. The minimum absolute atomic E-state index is 0. The summed E-state index contributed by atoms with van der Waals surface area (Å²) in [6.07, 6.45) is 8.98. The topological polar surface area (TPSA) is 58.6 Å². The van der Waals surface area contributed by atoms with Crippen molar-refractivity contribution in [2.24, 2.45) is 10.9 Å². The number of ether oxygens (including phenoxy) is 3. The van der Waals surface area contributed by atoms with Crippen molar-refractivity contribution in [3.63, 3.8) is 0 Å². The van der Waals surface area contributed by atoms with Crippen LogP contribution in [-0.4, -0.2) is 101 Å². The van der Waals surface area contributed by atoms with E-state index in [9.17, 15) is 0 Å². The summed E-state index contributed by atoms with van der Waals surface area (Å²) in [5.74, 6) is 1.79. The van der Waals surface area contributed by atoms with Gasteiger partial charge in [0.15, 0.2) is 5.96 Å². The Kier molecular flexibility index (Phi) is 12.9. The molecule has 3 rings (SSSR count). The second-order valence-electron chi connectivity index (χ2n) is 8.71. The van der Waals surface area contributed by atoms with Gasteiger partial charge in [0, 0.05) is 46.9 Å². The number of nitrogens with zero attached hydrogens (tertiary/aromatic N) is 3. The SMILES string of the molecule is CN=C(NCC1CCN(CCOC)CC1)N1CCC(OCC2CCCCO2)CC1.I. The van der Waals surface area contributed by atoms with Gasteiger partial charge in [-0.3, -0.25) is 4.99 Å². The predicted octanol–water partition coefficient (Wildman–Crippen LogP) is 2.59. The van der Waals surface area contributed by atoms with Crippen molar-refractivity contribution in [3.05, 3.63) is 0 Å². The van der Waals surface area contributed by atoms with Gasteiger partial charge in [-0.25, -0.2) is 0 Å². The molecule has 0 aromatic carbocycles. The van der Waals surface area contributed by atoms with E-state index in [1.165, 1.54) is 38.8 Å². The van der Waals surface area contributed by atoms with Gasteiger partial charge in [-0.05, 0) is 64.0 Å². The van der Waals surface area contributed by atoms with Crippen LogP contribution in [0, 0.1) is 5.92 Å². The zero-order valence-electron chi connectivity index (χ0n) is 19.0. The normalized spacial score (nSPS) is 25.2. The van der Waals surface area contributed by atoms with E-state index in [0.29, 0.717) is 12.2 Å². The van der Waals surface area contributed by atoms with Gasteiger partial charge in [-0.1, -0.05) is 0 Å². The summed E-state index contributed by atoms with van der Waals surface area (Å²) in [6.45, 7) is 8.99. The average molecular weight is 539 g/mol. The summed E-state index contributed by atoms with van der Waals surface area (Å²) in [4.78, 5) is 9.45. The molecule has 3 fully saturated rings. The van der Waals surface area contributed by atoms with Crippen LogP contribution in [0.15, 0.2) is 4.99 Å². The van der Waals surface area contributed by atoms with Gasteiger partial charge in [-0.15, -0.1) is 24.0 Å². The highest BCUT2D eigenvalue weighted by molar-refractivity contribution is 14.0. The first-order chi connectivity index (χ1) is 14.3. The molecule has 1 atom stereocenters. The van der Waals surface area contributed by atoms with E-state index in [1.54, 1.807) is 7.11 Å². The molecule has 3 aliphatic heterocycles. The first-order valence-electron chi connectivity index (χ1n) is 11.7. The van der Waals surface area contributed by atoms with Gasteiger partial charge >= 0.3 is 0 Å². The van der Waals surface area contributed by atoms with E-state index < -0.39 is 0 Å². The van der Waals surface area contributed by atoms with Crippen LogP contribution in [0.4, 0.5) is 0 Å². The fraction of sp³-hybridized carbons (Fsp3) is 0.955. The number of rotatable bonds is 8. The summed E-state index contributed by atoms with van der Waals surface area (Å²) in [7, 11) is 3.68. The van der Waals surface area contributed by atoms with Crippen LogP contribution in [-0.2, 0) is 14.2 Å². The maximum Gasteiger partial charge on any atom is 0.193 e. The van der Waals surface area contributed by atoms with E-state index in [2.05, 4.69) is 20.1 Å². The number of halogens is 1. The Labute approximate surface area is 200 Å². The third-order valence-electron chi connectivity index (χ3n) is 6.61. The van der Waals surface area contributed by atoms with Crippen LogP contribution in [0.1, 0.15) is 44.9 Å². The molecule has 0 spiro atoms. The van der Waals surface area contributed by atoms with E-state index in [-0.39, 0.29) is 24.0 Å². The molecule has 30 heavy (non-hydrogen) atoms. The zero-order valence-corrected chi connectivity index (χ0v) is 21.4. The lowest BCUT2D eigenvalue weighted by Gasteiger charge is -2.36. The number of hydrogen-bond acceptors (Lipinski definition) is 5. The third-order valence-corrected chi connectivity index (χ3v) is 6.61. The molecule has 0 amide bonds. The molecular formula is C22H43IN4O3. The van der Waals surface area contributed by atoms with Crippen molar-refractivity contribution in [2.45, 2.75) is 57.2 Å². The Bertz CT molecular complexity index is 475. The molecule has 0 aromatic heterocycles. The quantitative estimate of drug-likeness (QED) is 0.292. The third kappa shape index (κ3) is 8.76. The van der Waals surface area contributed by atoms with Crippen LogP contribution < -0.4 is 5.32 Å². The molecule has 8 heteroatoms. The van der Waals surface area contributed by atoms with Gasteiger partial charge in [0.05, 0.1) is 25.4 Å². The highest BCUT2D eigenvalue weighted by Crippen LogP contribution is 2.19. The number of piperidine rings is 2. The highest BCUT2D eigenvalue weighted by Gasteiger charge is 2.25. The van der Waals surface area contributed by atoms with Crippen molar-refractivity contribution in [1.82, 2.24) is 15.1 Å². The fourth-order valence-electron chi connectivity index (χ4n) is 4.62. The molecule has 3 saturated heterocycles. The van der Waals surface area contributed by atoms with E-state index >= 15 is 0 Å². The first-order valence-corrected chi connectivity index (χ1v) is 11.7. The number of aliphatic imine (C=N–C) groups is 1. The van der Waals surface area contributed by atoms with Crippen molar-refractivity contribution in [3.8, 4) is 0 Å². The van der Waals surface area contributed by atoms with E-state index in [4.69, 9.17) is 14.2 Å². The summed E-state index contributed by atoms with van der Waals surface area (Å²) in [5.41, 5.74) is 0. The Balaban J connectivity index is 0.00000320. The van der Waals surface area contributed by atoms with Crippen LogP contribution in [0.2, 0.25) is 0 Å². The number of methoxy groups -OCH3 is 1.